The molecule has 7 aliphatic rings. The van der Waals surface area contributed by atoms with Crippen molar-refractivity contribution in [1.29, 1.82) is 0 Å². The average molecular weight is 569 g/mol. The first kappa shape index (κ1) is 29.1. The summed E-state index contributed by atoms with van der Waals surface area (Å²) in [4.78, 5) is 16.5. The summed E-state index contributed by atoms with van der Waals surface area (Å²) in [6.07, 6.45) is 23.3. The molecule has 2 aliphatic heterocycles. The average Bonchev–Trinajstić information content (AvgIpc) is 3.28. The van der Waals surface area contributed by atoms with E-state index in [1.807, 2.05) is 0 Å². The van der Waals surface area contributed by atoms with Gasteiger partial charge in [-0.25, -0.2) is 0 Å². The summed E-state index contributed by atoms with van der Waals surface area (Å²) in [6.45, 7) is 8.45. The molecule has 1 spiro atoms. The van der Waals surface area contributed by atoms with Crippen LogP contribution in [0.5, 0.6) is 0 Å². The molecule has 5 heteroatoms. The third-order valence-electron chi connectivity index (χ3n) is 13.8. The second kappa shape index (κ2) is 12.0. The number of hydrogen-bond donors (Lipinski definition) is 1. The van der Waals surface area contributed by atoms with Gasteiger partial charge in [0.05, 0.1) is 18.1 Å². The fraction of sp³-hybridized carbons (Fsp3) is 0.972. The van der Waals surface area contributed by atoms with Crippen molar-refractivity contribution in [2.24, 2.45) is 35.5 Å². The van der Waals surface area contributed by atoms with Crippen LogP contribution in [0.2, 0.25) is 0 Å². The Kier molecular flexibility index (Phi) is 8.54. The van der Waals surface area contributed by atoms with Crippen molar-refractivity contribution >= 4 is 5.97 Å². The van der Waals surface area contributed by atoms with Gasteiger partial charge in [0.2, 0.25) is 0 Å². The van der Waals surface area contributed by atoms with Gasteiger partial charge in [-0.2, -0.15) is 0 Å². The SMILES string of the molecule is CCN(C1CCC(C)CC1)C1CCC2C(C1)OC1CC(C)C(NC3CCCCC3)CC1C21OC(=O)C2CCCCC21. The number of fused-ring (bicyclic) bond motifs is 6. The molecule has 10 atom stereocenters. The number of carbonyl (C=O) groups is 1. The molecule has 0 aromatic carbocycles. The maximum Gasteiger partial charge on any atom is 0.309 e. The molecule has 1 N–H and O–H groups in total. The molecule has 7 fully saturated rings. The van der Waals surface area contributed by atoms with Crippen LogP contribution >= 0.6 is 0 Å². The van der Waals surface area contributed by atoms with E-state index in [-0.39, 0.29) is 29.7 Å². The number of ether oxygens (including phenoxy) is 2. The molecule has 5 nitrogen and oxygen atoms in total. The van der Waals surface area contributed by atoms with Crippen molar-refractivity contribution in [2.75, 3.05) is 6.54 Å². The number of nitrogens with one attached hydrogen (secondary N) is 1. The molecular formula is C36H60N2O3. The largest absolute Gasteiger partial charge is 0.458 e. The summed E-state index contributed by atoms with van der Waals surface area (Å²) in [5.74, 6) is 2.95. The van der Waals surface area contributed by atoms with E-state index < -0.39 is 0 Å². The van der Waals surface area contributed by atoms with Crippen LogP contribution < -0.4 is 5.32 Å². The van der Waals surface area contributed by atoms with Crippen LogP contribution in [0.3, 0.4) is 0 Å². The summed E-state index contributed by atoms with van der Waals surface area (Å²) >= 11 is 0. The summed E-state index contributed by atoms with van der Waals surface area (Å²) < 4.78 is 14.2. The Morgan fingerprint density at radius 2 is 1.46 bits per heavy atom. The standard InChI is InChI=1S/C36H60N2O3/c1-4-38(26-16-14-23(2)15-17-26)27-18-19-30-34(21-27)40-33-20-24(3)32(37-25-10-6-5-7-11-25)22-31(33)36(30)29-13-9-8-12-28(29)35(39)41-36/h23-34,37H,4-22H2,1-3H3. The van der Waals surface area contributed by atoms with E-state index in [0.717, 1.165) is 44.2 Å². The minimum Gasteiger partial charge on any atom is -0.458 e. The molecule has 0 aromatic rings. The van der Waals surface area contributed by atoms with Gasteiger partial charge >= 0.3 is 5.97 Å². The topological polar surface area (TPSA) is 50.8 Å². The Bertz CT molecular complexity index is 913. The molecule has 0 aromatic heterocycles. The monoisotopic (exact) mass is 568 g/mol. The zero-order valence-electron chi connectivity index (χ0n) is 26.5. The Morgan fingerprint density at radius 1 is 0.756 bits per heavy atom. The number of hydrogen-bond acceptors (Lipinski definition) is 5. The lowest BCUT2D eigenvalue weighted by Gasteiger charge is -2.61. The number of rotatable bonds is 5. The Morgan fingerprint density at radius 3 is 2.24 bits per heavy atom. The van der Waals surface area contributed by atoms with Gasteiger partial charge in [0, 0.05) is 41.9 Å². The zero-order chi connectivity index (χ0) is 28.1. The second-order valence-corrected chi connectivity index (χ2v) is 16.0. The van der Waals surface area contributed by atoms with E-state index in [9.17, 15) is 4.79 Å². The lowest BCUT2D eigenvalue weighted by molar-refractivity contribution is -0.266. The molecule has 5 saturated carbocycles. The summed E-state index contributed by atoms with van der Waals surface area (Å²) in [7, 11) is 0. The fourth-order valence-corrected chi connectivity index (χ4v) is 11.7. The number of nitrogens with zero attached hydrogens (tertiary/aromatic N) is 1. The third kappa shape index (κ3) is 5.24. The highest BCUT2D eigenvalue weighted by Crippen LogP contribution is 2.62. The van der Waals surface area contributed by atoms with Crippen molar-refractivity contribution in [3.8, 4) is 0 Å². The quantitative estimate of drug-likeness (QED) is 0.354. The van der Waals surface area contributed by atoms with Gasteiger partial charge in [0.25, 0.3) is 0 Å². The predicted octanol–water partition coefficient (Wildman–Crippen LogP) is 7.26. The molecule has 2 heterocycles. The Labute approximate surface area is 250 Å². The highest BCUT2D eigenvalue weighted by Gasteiger charge is 2.69. The molecule has 0 bridgehead atoms. The first-order chi connectivity index (χ1) is 20.0. The van der Waals surface area contributed by atoms with E-state index >= 15 is 0 Å². The van der Waals surface area contributed by atoms with Crippen molar-refractivity contribution in [3.63, 3.8) is 0 Å². The molecule has 0 radical (unpaired) electrons. The number of carbonyl (C=O) groups excluding carboxylic acids is 1. The van der Waals surface area contributed by atoms with Gasteiger partial charge in [0.1, 0.15) is 5.60 Å². The van der Waals surface area contributed by atoms with Gasteiger partial charge < -0.3 is 14.8 Å². The molecular weight excluding hydrogens is 508 g/mol. The smallest absolute Gasteiger partial charge is 0.309 e. The van der Waals surface area contributed by atoms with Crippen LogP contribution in [0.15, 0.2) is 0 Å². The first-order valence-electron chi connectivity index (χ1n) is 18.4. The fourth-order valence-electron chi connectivity index (χ4n) is 11.7. The van der Waals surface area contributed by atoms with Crippen molar-refractivity contribution in [3.05, 3.63) is 0 Å². The lowest BCUT2D eigenvalue weighted by Crippen LogP contribution is -2.68. The zero-order valence-corrected chi connectivity index (χ0v) is 26.5. The lowest BCUT2D eigenvalue weighted by atomic mass is 9.53. The van der Waals surface area contributed by atoms with Crippen LogP contribution in [0.4, 0.5) is 0 Å². The molecule has 5 aliphatic carbocycles. The van der Waals surface area contributed by atoms with Gasteiger partial charge in [0.15, 0.2) is 0 Å². The van der Waals surface area contributed by atoms with Crippen LogP contribution in [0, 0.1) is 35.5 Å². The molecule has 2 saturated heterocycles. The minimum atomic E-state index is -0.287. The summed E-state index contributed by atoms with van der Waals surface area (Å²) in [5.41, 5.74) is -0.287. The number of esters is 1. The molecule has 7 rings (SSSR count). The van der Waals surface area contributed by atoms with Crippen LogP contribution in [-0.4, -0.2) is 59.4 Å². The maximum atomic E-state index is 13.7. The highest BCUT2D eigenvalue weighted by atomic mass is 16.6. The second-order valence-electron chi connectivity index (χ2n) is 16.0. The Balaban J connectivity index is 1.15. The van der Waals surface area contributed by atoms with E-state index in [1.165, 1.54) is 89.9 Å². The van der Waals surface area contributed by atoms with Gasteiger partial charge in [-0.1, -0.05) is 52.9 Å². The van der Waals surface area contributed by atoms with E-state index in [1.54, 1.807) is 0 Å². The van der Waals surface area contributed by atoms with E-state index in [4.69, 9.17) is 9.47 Å². The van der Waals surface area contributed by atoms with Gasteiger partial charge in [-0.3, -0.25) is 9.69 Å². The Hall–Kier alpha value is -0.650. The van der Waals surface area contributed by atoms with E-state index in [0.29, 0.717) is 41.8 Å². The summed E-state index contributed by atoms with van der Waals surface area (Å²) in [5, 5.41) is 4.17. The minimum absolute atomic E-state index is 0.140. The predicted molar refractivity (Wildman–Crippen MR) is 164 cm³/mol. The molecule has 41 heavy (non-hydrogen) atoms. The van der Waals surface area contributed by atoms with Crippen LogP contribution in [0.25, 0.3) is 0 Å². The van der Waals surface area contributed by atoms with Crippen LogP contribution in [-0.2, 0) is 14.3 Å². The molecule has 10 unspecified atom stereocenters. The summed E-state index contributed by atoms with van der Waals surface area (Å²) in [6, 6.07) is 2.57. The molecule has 0 amide bonds. The van der Waals surface area contributed by atoms with Crippen molar-refractivity contribution in [1.82, 2.24) is 10.2 Å². The first-order valence-corrected chi connectivity index (χ1v) is 18.4. The van der Waals surface area contributed by atoms with Gasteiger partial charge in [-0.15, -0.1) is 0 Å². The highest BCUT2D eigenvalue weighted by molar-refractivity contribution is 5.76. The van der Waals surface area contributed by atoms with Crippen molar-refractivity contribution < 1.29 is 14.3 Å². The normalized spacial score (nSPS) is 48.9. The van der Waals surface area contributed by atoms with Crippen LogP contribution in [0.1, 0.15) is 136 Å². The maximum absolute atomic E-state index is 13.7. The molecule has 232 valence electrons. The third-order valence-corrected chi connectivity index (χ3v) is 13.8. The van der Waals surface area contributed by atoms with E-state index in [2.05, 4.69) is 31.0 Å². The van der Waals surface area contributed by atoms with Gasteiger partial charge in [-0.05, 0) is 102 Å². The van der Waals surface area contributed by atoms with Crippen molar-refractivity contribution in [2.45, 2.75) is 178 Å².